The predicted molar refractivity (Wildman–Crippen MR) is 535 cm³/mol. The van der Waals surface area contributed by atoms with Gasteiger partial charge in [-0.2, -0.15) is 0 Å². The van der Waals surface area contributed by atoms with Crippen LogP contribution in [0.25, 0.3) is 280 Å². The lowest BCUT2D eigenvalue weighted by atomic mass is 10.0. The molecule has 0 aliphatic heterocycles. The molecular formula is C116H65N9O5S. The fourth-order valence-corrected chi connectivity index (χ4v) is 21.5. The lowest BCUT2D eigenvalue weighted by Crippen LogP contribution is -2.03. The fraction of sp³-hybridized carbons (Fsp3) is 0. The lowest BCUT2D eigenvalue weighted by Gasteiger charge is -2.10. The zero-order valence-corrected chi connectivity index (χ0v) is 70.3. The number of para-hydroxylation sites is 6. The molecule has 0 radical (unpaired) electrons. The molecule has 0 unspecified atom stereocenters. The molecule has 0 atom stereocenters. The lowest BCUT2D eigenvalue weighted by molar-refractivity contribution is 0.633. The van der Waals surface area contributed by atoms with E-state index in [4.69, 9.17) is 52.0 Å². The molecule has 0 saturated carbocycles. The van der Waals surface area contributed by atoms with Crippen molar-refractivity contribution in [3.8, 4) is 62.7 Å². The van der Waals surface area contributed by atoms with Crippen molar-refractivity contribution in [1.29, 1.82) is 0 Å². The van der Waals surface area contributed by atoms with Gasteiger partial charge >= 0.3 is 0 Å². The second kappa shape index (κ2) is 28.4. The first-order valence-corrected chi connectivity index (χ1v) is 44.5. The van der Waals surface area contributed by atoms with Crippen LogP contribution < -0.4 is 0 Å². The summed E-state index contributed by atoms with van der Waals surface area (Å²) in [5.41, 5.74) is 23.5. The highest BCUT2D eigenvalue weighted by Crippen LogP contribution is 2.49. The van der Waals surface area contributed by atoms with Gasteiger partial charge in [-0.15, -0.1) is 11.3 Å². The number of nitrogens with zero attached hydrogens (tertiary/aromatic N) is 9. The molecule has 14 nitrogen and oxygen atoms in total. The Bertz CT molecular complexity index is 9990. The van der Waals surface area contributed by atoms with Crippen LogP contribution in [0, 0.1) is 0 Å². The van der Waals surface area contributed by atoms with Crippen molar-refractivity contribution >= 4 is 229 Å². The molecule has 18 aromatic carbocycles. The first-order chi connectivity index (χ1) is 65.0. The number of furan rings is 5. The van der Waals surface area contributed by atoms with E-state index in [9.17, 15) is 0 Å². The van der Waals surface area contributed by atoms with E-state index in [0.717, 1.165) is 171 Å². The Labute approximate surface area is 746 Å². The SMILES string of the molecule is c1ccc(-c2nc(-c3cccc(-n4c5ccccc5c5ccccc54)c3)nc3c2oc2c3ccc3c4ccccc4oc32)cc1.c1ccc(-c2nc(-n3c4ccccc4c4c5ccccc5ccc43)nc3c2oc2ccc4c5ccccc5oc4c23)cc1.c1ccc(-c2nc(-n3c4ccccc4c4ccc5ccccc5c43)nc3c2oc2ccc4c5ccccc5sc4c23)cc1. The summed E-state index contributed by atoms with van der Waals surface area (Å²) in [6.07, 6.45) is 0. The van der Waals surface area contributed by atoms with Crippen LogP contribution in [0.5, 0.6) is 0 Å². The molecule has 0 N–H and O–H groups in total. The van der Waals surface area contributed by atoms with Gasteiger partial charge in [0.1, 0.15) is 61.5 Å². The third-order valence-electron chi connectivity index (χ3n) is 26.1. The Morgan fingerprint density at radius 3 is 1.31 bits per heavy atom. The van der Waals surface area contributed by atoms with E-state index < -0.39 is 0 Å². The maximum absolute atomic E-state index is 6.63. The monoisotopic (exact) mass is 1700 g/mol. The van der Waals surface area contributed by atoms with Gasteiger partial charge in [0.15, 0.2) is 33.7 Å². The summed E-state index contributed by atoms with van der Waals surface area (Å²) < 4.78 is 41.8. The van der Waals surface area contributed by atoms with Crippen molar-refractivity contribution in [3.05, 3.63) is 394 Å². The van der Waals surface area contributed by atoms with Gasteiger partial charge in [0.2, 0.25) is 11.9 Å². The van der Waals surface area contributed by atoms with Crippen molar-refractivity contribution in [1.82, 2.24) is 43.6 Å². The van der Waals surface area contributed by atoms with Gasteiger partial charge < -0.3 is 26.7 Å². The zero-order chi connectivity index (χ0) is 85.6. The summed E-state index contributed by atoms with van der Waals surface area (Å²) in [4.78, 5) is 31.5. The van der Waals surface area contributed by atoms with E-state index in [1.54, 1.807) is 11.3 Å². The summed E-state index contributed by atoms with van der Waals surface area (Å²) in [5.74, 6) is 1.86. The molecule has 30 rings (SSSR count). The molecule has 0 spiro atoms. The topological polar surface area (TPSA) is 158 Å². The van der Waals surface area contributed by atoms with E-state index in [-0.39, 0.29) is 0 Å². The maximum Gasteiger partial charge on any atom is 0.236 e. The molecule has 12 aromatic heterocycles. The van der Waals surface area contributed by atoms with Gasteiger partial charge in [0.05, 0.1) is 49.3 Å². The summed E-state index contributed by atoms with van der Waals surface area (Å²) in [5, 5.41) is 21.4. The van der Waals surface area contributed by atoms with Crippen LogP contribution in [0.4, 0.5) is 0 Å². The number of aromatic nitrogens is 9. The Hall–Kier alpha value is -17.7. The Balaban J connectivity index is 0.0000000986. The molecule has 0 bridgehead atoms. The number of fused-ring (bicyclic) bond motifs is 34. The Kier molecular flexibility index (Phi) is 15.8. The molecule has 0 fully saturated rings. The van der Waals surface area contributed by atoms with E-state index in [1.807, 2.05) is 97.1 Å². The second-order valence-corrected chi connectivity index (χ2v) is 34.4. The van der Waals surface area contributed by atoms with Crippen molar-refractivity contribution in [2.45, 2.75) is 0 Å². The van der Waals surface area contributed by atoms with Crippen LogP contribution in [0.3, 0.4) is 0 Å². The average molecular weight is 1700 g/mol. The Morgan fingerprint density at radius 1 is 0.214 bits per heavy atom. The molecule has 0 aliphatic carbocycles. The summed E-state index contributed by atoms with van der Waals surface area (Å²) >= 11 is 1.80. The van der Waals surface area contributed by atoms with E-state index in [2.05, 4.69) is 311 Å². The number of thiophene rings is 1. The van der Waals surface area contributed by atoms with Crippen LogP contribution in [0.2, 0.25) is 0 Å². The van der Waals surface area contributed by atoms with Crippen LogP contribution in [-0.2, 0) is 0 Å². The molecule has 0 amide bonds. The van der Waals surface area contributed by atoms with Crippen LogP contribution in [-0.4, -0.2) is 43.6 Å². The first-order valence-electron chi connectivity index (χ1n) is 43.7. The number of benzene rings is 18. The van der Waals surface area contributed by atoms with Crippen molar-refractivity contribution in [2.24, 2.45) is 0 Å². The molecule has 0 aliphatic rings. The first kappa shape index (κ1) is 72.6. The molecule has 12 heterocycles. The third-order valence-corrected chi connectivity index (χ3v) is 27.3. The molecule has 131 heavy (non-hydrogen) atoms. The standard InChI is InChI=1S/C40H23N3O2.C38H21N3O2.C38H21N3OS/c1-2-11-24(12-3-1)35-39-36(31-22-21-30-29-17-6-9-20-34(29)44-37(30)38(31)45-39)42-40(41-35)25-13-10-14-26(23-25)43-32-18-7-4-15-27(32)28-16-5-8-19-33(28)43;1-2-11-23(12-3-1)34-37-35(33-31(43-37)21-19-26-25-14-7-9-17-30(25)42-36(26)33)40-38(39-34)41-28-16-8-6-15-27(28)32-24-13-5-4-10-22(24)18-20-29(32)41;1-2-11-23(12-3-1)33-36-34(32-30(42-36)21-20-28-26-15-7-9-17-31(26)43-37(28)32)40-38(39-33)41-29-16-8-6-14-25(29)27-19-18-22-10-4-5-13-24(22)35(27)41/h1-23H;2*1-21H. The number of hydrogen-bond donors (Lipinski definition) is 0. The number of rotatable bonds is 7. The molecule has 30 aromatic rings. The summed E-state index contributed by atoms with van der Waals surface area (Å²) in [7, 11) is 0. The minimum Gasteiger partial charge on any atom is -0.455 e. The van der Waals surface area contributed by atoms with Crippen molar-refractivity contribution < 1.29 is 22.1 Å². The summed E-state index contributed by atoms with van der Waals surface area (Å²) in [6, 6.07) is 136. The minimum absolute atomic E-state index is 0.587. The molecule has 610 valence electrons. The normalized spacial score (nSPS) is 12.1. The van der Waals surface area contributed by atoms with E-state index >= 15 is 0 Å². The fourth-order valence-electron chi connectivity index (χ4n) is 20.3. The van der Waals surface area contributed by atoms with Gasteiger partial charge in [-0.05, 0) is 113 Å². The third kappa shape index (κ3) is 11.0. The smallest absolute Gasteiger partial charge is 0.236 e. The van der Waals surface area contributed by atoms with Gasteiger partial charge in [0.25, 0.3) is 0 Å². The van der Waals surface area contributed by atoms with E-state index in [0.29, 0.717) is 40.1 Å². The highest BCUT2D eigenvalue weighted by molar-refractivity contribution is 7.26. The van der Waals surface area contributed by atoms with Gasteiger partial charge in [-0.3, -0.25) is 9.13 Å². The minimum atomic E-state index is 0.587. The highest BCUT2D eigenvalue weighted by Gasteiger charge is 2.29. The maximum atomic E-state index is 6.63. The quantitative estimate of drug-likeness (QED) is 0.150. The largest absolute Gasteiger partial charge is 0.455 e. The highest BCUT2D eigenvalue weighted by atomic mass is 32.1. The molecular weight excluding hydrogens is 1630 g/mol. The van der Waals surface area contributed by atoms with Crippen LogP contribution in [0.15, 0.2) is 416 Å². The molecule has 15 heteroatoms. The van der Waals surface area contributed by atoms with Crippen molar-refractivity contribution in [3.63, 3.8) is 0 Å². The van der Waals surface area contributed by atoms with Crippen LogP contribution in [0.1, 0.15) is 0 Å². The van der Waals surface area contributed by atoms with Crippen LogP contribution >= 0.6 is 11.3 Å². The van der Waals surface area contributed by atoms with Gasteiger partial charge in [-0.25, -0.2) is 29.9 Å². The second-order valence-electron chi connectivity index (χ2n) is 33.3. The number of hydrogen-bond acceptors (Lipinski definition) is 12. The van der Waals surface area contributed by atoms with Crippen molar-refractivity contribution in [2.75, 3.05) is 0 Å². The van der Waals surface area contributed by atoms with Gasteiger partial charge in [-0.1, -0.05) is 297 Å². The summed E-state index contributed by atoms with van der Waals surface area (Å²) in [6.45, 7) is 0. The average Bonchev–Trinajstić information content (AvgIpc) is 1.73. The van der Waals surface area contributed by atoms with Gasteiger partial charge in [0, 0.05) is 107 Å². The molecule has 0 saturated heterocycles. The zero-order valence-electron chi connectivity index (χ0n) is 69.5. The van der Waals surface area contributed by atoms with E-state index in [1.165, 1.54) is 68.6 Å². The Morgan fingerprint density at radius 2 is 0.649 bits per heavy atom. The predicted octanol–water partition coefficient (Wildman–Crippen LogP) is 31.6.